The van der Waals surface area contributed by atoms with Crippen molar-refractivity contribution >= 4 is 57.6 Å². The summed E-state index contributed by atoms with van der Waals surface area (Å²) in [6.07, 6.45) is 1.66. The second-order valence-electron chi connectivity index (χ2n) is 6.62. The summed E-state index contributed by atoms with van der Waals surface area (Å²) in [5.74, 6) is -0.999. The number of thiocarbonyl (C=S) groups is 1. The normalized spacial score (nSPS) is 14.9. The van der Waals surface area contributed by atoms with E-state index in [1.54, 1.807) is 54.6 Å². The van der Waals surface area contributed by atoms with E-state index in [2.05, 4.69) is 5.32 Å². The van der Waals surface area contributed by atoms with Crippen LogP contribution in [-0.4, -0.2) is 21.2 Å². The van der Waals surface area contributed by atoms with E-state index in [1.165, 1.54) is 29.2 Å². The number of carbonyl (C=O) groups excluding carboxylic acids is 2. The maximum Gasteiger partial charge on any atom is 0.270 e. The van der Waals surface area contributed by atoms with Crippen molar-refractivity contribution in [1.82, 2.24) is 0 Å². The van der Waals surface area contributed by atoms with Gasteiger partial charge in [0.15, 0.2) is 4.32 Å². The maximum absolute atomic E-state index is 13.1. The number of halogens is 1. The van der Waals surface area contributed by atoms with Crippen molar-refractivity contribution in [1.29, 1.82) is 0 Å². The van der Waals surface area contributed by atoms with Crippen LogP contribution in [-0.2, 0) is 4.79 Å². The number of benzene rings is 3. The highest BCUT2D eigenvalue weighted by Gasteiger charge is 2.33. The SMILES string of the molecule is O=C(Nc1ccc(F)cc1)c1cccc(N2C(=O)/C(=C\c3cccc(O)c3)SC2=S)c1. The highest BCUT2D eigenvalue weighted by molar-refractivity contribution is 8.27. The molecule has 0 aromatic heterocycles. The van der Waals surface area contributed by atoms with Gasteiger partial charge in [-0.3, -0.25) is 14.5 Å². The summed E-state index contributed by atoms with van der Waals surface area (Å²) in [4.78, 5) is 27.3. The van der Waals surface area contributed by atoms with E-state index in [0.29, 0.717) is 31.7 Å². The molecule has 0 aliphatic carbocycles. The molecule has 1 aliphatic rings. The third-order valence-corrected chi connectivity index (χ3v) is 5.73. The van der Waals surface area contributed by atoms with E-state index in [1.807, 2.05) is 0 Å². The number of amides is 2. The van der Waals surface area contributed by atoms with Gasteiger partial charge in [0, 0.05) is 11.3 Å². The molecule has 8 heteroatoms. The first-order valence-corrected chi connectivity index (χ1v) is 10.4. The smallest absolute Gasteiger partial charge is 0.270 e. The lowest BCUT2D eigenvalue weighted by atomic mass is 10.1. The number of aromatic hydroxyl groups is 1. The molecule has 0 spiro atoms. The largest absolute Gasteiger partial charge is 0.508 e. The predicted molar refractivity (Wildman–Crippen MR) is 125 cm³/mol. The lowest BCUT2D eigenvalue weighted by Crippen LogP contribution is -2.27. The molecule has 4 rings (SSSR count). The van der Waals surface area contributed by atoms with Crippen molar-refractivity contribution in [2.45, 2.75) is 0 Å². The van der Waals surface area contributed by atoms with Crippen molar-refractivity contribution < 1.29 is 19.1 Å². The molecule has 0 unspecified atom stereocenters. The van der Waals surface area contributed by atoms with Gasteiger partial charge in [-0.2, -0.15) is 0 Å². The number of phenolic OH excluding ortho intramolecular Hbond substituents is 1. The number of carbonyl (C=O) groups is 2. The molecule has 1 fully saturated rings. The van der Waals surface area contributed by atoms with E-state index in [-0.39, 0.29) is 11.7 Å². The van der Waals surface area contributed by atoms with E-state index in [4.69, 9.17) is 12.2 Å². The summed E-state index contributed by atoms with van der Waals surface area (Å²) in [6, 6.07) is 18.5. The summed E-state index contributed by atoms with van der Waals surface area (Å²) in [7, 11) is 0. The minimum absolute atomic E-state index is 0.101. The number of anilines is 2. The number of nitrogens with zero attached hydrogens (tertiary/aromatic N) is 1. The van der Waals surface area contributed by atoms with E-state index in [0.717, 1.165) is 11.8 Å². The number of hydrogen-bond donors (Lipinski definition) is 2. The molecule has 2 N–H and O–H groups in total. The highest BCUT2D eigenvalue weighted by Crippen LogP contribution is 2.36. The average Bonchev–Trinajstić information content (AvgIpc) is 3.02. The minimum Gasteiger partial charge on any atom is -0.508 e. The second-order valence-corrected chi connectivity index (χ2v) is 8.30. The first-order chi connectivity index (χ1) is 14.9. The van der Waals surface area contributed by atoms with Crippen molar-refractivity contribution in [2.75, 3.05) is 10.2 Å². The number of rotatable bonds is 4. The van der Waals surface area contributed by atoms with Crippen LogP contribution in [0.4, 0.5) is 15.8 Å². The molecule has 1 saturated heterocycles. The van der Waals surface area contributed by atoms with Crippen molar-refractivity contribution in [2.24, 2.45) is 0 Å². The van der Waals surface area contributed by atoms with E-state index < -0.39 is 11.7 Å². The number of hydrogen-bond acceptors (Lipinski definition) is 5. The third-order valence-electron chi connectivity index (χ3n) is 4.43. The van der Waals surface area contributed by atoms with Crippen LogP contribution in [0.2, 0.25) is 0 Å². The maximum atomic E-state index is 13.1. The van der Waals surface area contributed by atoms with Crippen LogP contribution in [0.3, 0.4) is 0 Å². The van der Waals surface area contributed by atoms with Gasteiger partial charge < -0.3 is 10.4 Å². The van der Waals surface area contributed by atoms with Gasteiger partial charge in [0.1, 0.15) is 11.6 Å². The van der Waals surface area contributed by atoms with Crippen LogP contribution < -0.4 is 10.2 Å². The van der Waals surface area contributed by atoms with Crippen LogP contribution in [0, 0.1) is 5.82 Å². The van der Waals surface area contributed by atoms with Crippen LogP contribution in [0.25, 0.3) is 6.08 Å². The van der Waals surface area contributed by atoms with Crippen molar-refractivity contribution in [3.63, 3.8) is 0 Å². The molecule has 3 aromatic rings. The summed E-state index contributed by atoms with van der Waals surface area (Å²) in [6.45, 7) is 0. The van der Waals surface area contributed by atoms with Crippen molar-refractivity contribution in [3.8, 4) is 5.75 Å². The standard InChI is InChI=1S/C23H15FN2O3S2/c24-16-7-9-17(10-8-16)25-21(28)15-4-2-5-18(13-15)26-22(29)20(31-23(26)30)12-14-3-1-6-19(27)11-14/h1-13,27H,(H,25,28)/b20-12+. The van der Waals surface area contributed by atoms with Crippen molar-refractivity contribution in [3.05, 3.63) is 94.6 Å². The van der Waals surface area contributed by atoms with E-state index in [9.17, 15) is 19.1 Å². The molecule has 31 heavy (non-hydrogen) atoms. The Morgan fingerprint density at radius 1 is 1.06 bits per heavy atom. The number of phenols is 1. The average molecular weight is 451 g/mol. The van der Waals surface area contributed by atoms with Gasteiger partial charge in [-0.15, -0.1) is 0 Å². The Labute approximate surface area is 187 Å². The first-order valence-electron chi connectivity index (χ1n) is 9.15. The van der Waals surface area contributed by atoms with Crippen LogP contribution in [0.1, 0.15) is 15.9 Å². The zero-order chi connectivity index (χ0) is 22.0. The second kappa shape index (κ2) is 8.71. The Morgan fingerprint density at radius 2 is 1.81 bits per heavy atom. The Hall–Kier alpha value is -3.49. The number of nitrogens with one attached hydrogen (secondary N) is 1. The Morgan fingerprint density at radius 3 is 2.55 bits per heavy atom. The predicted octanol–water partition coefficient (Wildman–Crippen LogP) is 5.19. The molecule has 1 heterocycles. The topological polar surface area (TPSA) is 69.6 Å². The number of thioether (sulfide) groups is 1. The highest BCUT2D eigenvalue weighted by atomic mass is 32.2. The van der Waals surface area contributed by atoms with Gasteiger partial charge in [0.05, 0.1) is 10.6 Å². The quantitative estimate of drug-likeness (QED) is 0.423. The minimum atomic E-state index is -0.395. The first kappa shape index (κ1) is 20.8. The summed E-state index contributed by atoms with van der Waals surface area (Å²) in [5, 5.41) is 12.3. The zero-order valence-electron chi connectivity index (χ0n) is 15.9. The van der Waals surface area contributed by atoms with Gasteiger partial charge in [0.25, 0.3) is 11.8 Å². The molecule has 1 aliphatic heterocycles. The molecule has 154 valence electrons. The molecule has 3 aromatic carbocycles. The van der Waals surface area contributed by atoms with E-state index >= 15 is 0 Å². The fourth-order valence-corrected chi connectivity index (χ4v) is 4.28. The molecule has 0 bridgehead atoms. The van der Waals surface area contributed by atoms with Crippen LogP contribution >= 0.6 is 24.0 Å². The Kier molecular flexibility index (Phi) is 5.83. The Balaban J connectivity index is 1.57. The van der Waals surface area contributed by atoms with Crippen LogP contribution in [0.5, 0.6) is 5.75 Å². The lowest BCUT2D eigenvalue weighted by molar-refractivity contribution is -0.113. The fraction of sp³-hybridized carbons (Fsp3) is 0. The fourth-order valence-electron chi connectivity index (χ4n) is 2.98. The molecule has 5 nitrogen and oxygen atoms in total. The monoisotopic (exact) mass is 450 g/mol. The molecule has 0 radical (unpaired) electrons. The van der Waals surface area contributed by atoms with Crippen LogP contribution in [0.15, 0.2) is 77.7 Å². The molecule has 0 saturated carbocycles. The lowest BCUT2D eigenvalue weighted by Gasteiger charge is -2.15. The molecular weight excluding hydrogens is 435 g/mol. The summed E-state index contributed by atoms with van der Waals surface area (Å²) < 4.78 is 13.4. The summed E-state index contributed by atoms with van der Waals surface area (Å²) >= 11 is 6.53. The van der Waals surface area contributed by atoms with Gasteiger partial charge in [-0.25, -0.2) is 4.39 Å². The van der Waals surface area contributed by atoms with Gasteiger partial charge in [0.2, 0.25) is 0 Å². The molecular formula is C23H15FN2O3S2. The third kappa shape index (κ3) is 4.65. The zero-order valence-corrected chi connectivity index (χ0v) is 17.5. The molecule has 2 amide bonds. The van der Waals surface area contributed by atoms with Gasteiger partial charge in [-0.1, -0.05) is 42.2 Å². The van der Waals surface area contributed by atoms with Gasteiger partial charge >= 0.3 is 0 Å². The molecule has 0 atom stereocenters. The summed E-state index contributed by atoms with van der Waals surface area (Å²) in [5.41, 5.74) is 1.92. The van der Waals surface area contributed by atoms with Gasteiger partial charge in [-0.05, 0) is 66.2 Å². The Bertz CT molecular complexity index is 1230.